The Hall–Kier alpha value is -4.56. The zero-order valence-electron chi connectivity index (χ0n) is 34.3. The Kier molecular flexibility index (Phi) is 11.4. The van der Waals surface area contributed by atoms with Gasteiger partial charge in [0.15, 0.2) is 0 Å². The summed E-state index contributed by atoms with van der Waals surface area (Å²) in [6.07, 6.45) is 0. The Morgan fingerprint density at radius 1 is 0.339 bits per heavy atom. The van der Waals surface area contributed by atoms with Gasteiger partial charge in [-0.2, -0.15) is 0 Å². The van der Waals surface area contributed by atoms with Crippen molar-refractivity contribution < 1.29 is 19.2 Å². The zero-order valence-corrected chi connectivity index (χ0v) is 34.3. The summed E-state index contributed by atoms with van der Waals surface area (Å²) in [4.78, 5) is 72.7. The molecule has 2 aliphatic rings. The number of fused-ring (bicyclic) bond motifs is 2. The summed E-state index contributed by atoms with van der Waals surface area (Å²) in [5, 5.41) is 6.64. The number of rotatable bonds is 18. The molecule has 0 saturated heterocycles. The van der Waals surface area contributed by atoms with Crippen molar-refractivity contribution in [2.24, 2.45) is 0 Å². The summed E-state index contributed by atoms with van der Waals surface area (Å²) in [5.41, 5.74) is 2.09. The highest BCUT2D eigenvalue weighted by Crippen LogP contribution is 2.46. The van der Waals surface area contributed by atoms with E-state index in [4.69, 9.17) is 0 Å². The summed E-state index contributed by atoms with van der Waals surface area (Å²) >= 11 is 0. The van der Waals surface area contributed by atoms with Gasteiger partial charge in [-0.05, 0) is 113 Å². The molecule has 0 N–H and O–H groups in total. The van der Waals surface area contributed by atoms with Crippen LogP contribution in [0.4, 0.5) is 0 Å². The second kappa shape index (κ2) is 16.1. The molecule has 56 heavy (non-hydrogen) atoms. The van der Waals surface area contributed by atoms with Gasteiger partial charge < -0.3 is 19.6 Å². The summed E-state index contributed by atoms with van der Waals surface area (Å²) in [6.45, 7) is 8.68. The number of carbonyl (C=O) groups excluding carboxylic acids is 4. The van der Waals surface area contributed by atoms with Gasteiger partial charge >= 0.3 is 0 Å². The van der Waals surface area contributed by atoms with E-state index in [9.17, 15) is 19.2 Å². The molecule has 0 aliphatic carbocycles. The van der Waals surface area contributed by atoms with Crippen LogP contribution < -0.4 is 0 Å². The van der Waals surface area contributed by atoms with Gasteiger partial charge in [0, 0.05) is 112 Å². The molecule has 5 aromatic rings. The predicted molar refractivity (Wildman–Crippen MR) is 225 cm³/mol. The number of hydrogen-bond acceptors (Lipinski definition) is 10. The van der Waals surface area contributed by atoms with Gasteiger partial charge in [-0.15, -0.1) is 0 Å². The lowest BCUT2D eigenvalue weighted by molar-refractivity contribution is 0.0574. The van der Waals surface area contributed by atoms with Gasteiger partial charge in [-0.25, -0.2) is 0 Å². The molecule has 0 atom stereocenters. The number of imide groups is 2. The van der Waals surface area contributed by atoms with E-state index in [2.05, 4.69) is 29.4 Å². The van der Waals surface area contributed by atoms with Crippen LogP contribution in [0.5, 0.6) is 0 Å². The van der Waals surface area contributed by atoms with Gasteiger partial charge in [-0.3, -0.25) is 38.8 Å². The molecular weight excluding hydrogens is 705 g/mol. The smallest absolute Gasteiger partial charge is 0.261 e. The fourth-order valence-corrected chi connectivity index (χ4v) is 8.29. The minimum absolute atomic E-state index is 0.277. The zero-order chi connectivity index (χ0) is 40.0. The number of nitrogens with zero attached hydrogens (tertiary/aromatic N) is 8. The number of benzene rings is 5. The summed E-state index contributed by atoms with van der Waals surface area (Å²) in [7, 11) is 16.4. The minimum Gasteiger partial charge on any atom is -0.308 e. The topological polar surface area (TPSA) is 94.2 Å². The molecule has 2 heterocycles. The average molecular weight is 761 g/mol. The second-order valence-electron chi connectivity index (χ2n) is 16.6. The van der Waals surface area contributed by atoms with Crippen molar-refractivity contribution in [2.45, 2.75) is 0 Å². The van der Waals surface area contributed by atoms with Crippen molar-refractivity contribution in [3.63, 3.8) is 0 Å². The lowest BCUT2D eigenvalue weighted by atomic mass is 9.82. The van der Waals surface area contributed by atoms with Crippen LogP contribution >= 0.6 is 0 Å². The molecule has 12 heteroatoms. The standard InChI is InChI=1S/C44H56N8O4/c1-45(2)17-21-49(22-18-46(3)4)25-27-51-41(53)33-13-9-29-31-11-15-35-40-36(16-12-32(38(31)40)30-10-14-34(42(51)54)39(33)37(29)30)44(56)52(43(35)55)28-26-50(23-19-47(5)6)24-20-48(7)8/h9-16H,17-28H2,1-8H3. The van der Waals surface area contributed by atoms with Gasteiger partial charge in [-0.1, -0.05) is 24.3 Å². The Morgan fingerprint density at radius 3 is 0.821 bits per heavy atom. The number of amides is 4. The Balaban J connectivity index is 1.22. The van der Waals surface area contributed by atoms with E-state index in [0.29, 0.717) is 59.2 Å². The van der Waals surface area contributed by atoms with Gasteiger partial charge in [0.1, 0.15) is 0 Å². The second-order valence-corrected chi connectivity index (χ2v) is 16.6. The van der Waals surface area contributed by atoms with Gasteiger partial charge in [0.2, 0.25) is 0 Å². The first-order valence-corrected chi connectivity index (χ1v) is 19.7. The van der Waals surface area contributed by atoms with E-state index in [0.717, 1.165) is 84.7 Å². The van der Waals surface area contributed by atoms with Crippen LogP contribution in [0, 0.1) is 0 Å². The summed E-state index contributed by atoms with van der Waals surface area (Å²) < 4.78 is 0. The van der Waals surface area contributed by atoms with Crippen molar-refractivity contribution in [3.8, 4) is 0 Å². The maximum Gasteiger partial charge on any atom is 0.261 e. The Morgan fingerprint density at radius 2 is 0.589 bits per heavy atom. The molecule has 4 amide bonds. The lowest BCUT2D eigenvalue weighted by Crippen LogP contribution is -2.46. The highest BCUT2D eigenvalue weighted by molar-refractivity contribution is 6.41. The van der Waals surface area contributed by atoms with E-state index in [1.165, 1.54) is 9.80 Å². The maximum absolute atomic E-state index is 14.2. The Labute approximate surface area is 330 Å². The van der Waals surface area contributed by atoms with Crippen molar-refractivity contribution in [2.75, 3.05) is 135 Å². The first-order valence-electron chi connectivity index (χ1n) is 19.7. The van der Waals surface area contributed by atoms with E-state index in [1.807, 2.05) is 105 Å². The maximum atomic E-state index is 14.2. The summed E-state index contributed by atoms with van der Waals surface area (Å²) in [6, 6.07) is 15.3. The number of hydrogen-bond donors (Lipinski definition) is 0. The molecule has 2 aliphatic heterocycles. The monoisotopic (exact) mass is 760 g/mol. The first-order chi connectivity index (χ1) is 26.8. The van der Waals surface area contributed by atoms with Gasteiger partial charge in [0.05, 0.1) is 0 Å². The molecule has 296 valence electrons. The first kappa shape index (κ1) is 39.7. The van der Waals surface area contributed by atoms with Crippen molar-refractivity contribution in [1.82, 2.24) is 39.2 Å². The molecular formula is C44H56N8O4. The van der Waals surface area contributed by atoms with Crippen LogP contribution in [0.25, 0.3) is 43.1 Å². The van der Waals surface area contributed by atoms with E-state index >= 15 is 0 Å². The number of carbonyl (C=O) groups is 4. The SMILES string of the molecule is CN(C)CCN(CCN(C)C)CCN1C(=O)c2ccc3c4ccc5c6c(ccc(c7ccc(c2c37)C1=O)c64)C(=O)N(CCN(CCN(C)C)CCN(C)C)C5=O. The normalized spacial score (nSPS) is 14.9. The molecule has 0 spiro atoms. The van der Waals surface area contributed by atoms with Crippen LogP contribution in [0.1, 0.15) is 41.4 Å². The molecule has 5 aromatic carbocycles. The minimum atomic E-state index is -0.277. The molecule has 0 unspecified atom stereocenters. The van der Waals surface area contributed by atoms with Crippen LogP contribution in [0.2, 0.25) is 0 Å². The van der Waals surface area contributed by atoms with Crippen LogP contribution in [0.3, 0.4) is 0 Å². The fourth-order valence-electron chi connectivity index (χ4n) is 8.29. The van der Waals surface area contributed by atoms with E-state index in [1.54, 1.807) is 0 Å². The quantitative estimate of drug-likeness (QED) is 0.0747. The molecule has 0 bridgehead atoms. The highest BCUT2D eigenvalue weighted by Gasteiger charge is 2.37. The molecule has 0 aromatic heterocycles. The largest absolute Gasteiger partial charge is 0.308 e. The fraction of sp³-hybridized carbons (Fsp3) is 0.455. The lowest BCUT2D eigenvalue weighted by Gasteiger charge is -2.32. The van der Waals surface area contributed by atoms with Crippen LogP contribution in [0.15, 0.2) is 48.5 Å². The third kappa shape index (κ3) is 7.37. The van der Waals surface area contributed by atoms with Crippen molar-refractivity contribution in [1.29, 1.82) is 0 Å². The molecule has 0 saturated carbocycles. The molecule has 0 fully saturated rings. The van der Waals surface area contributed by atoms with Crippen molar-refractivity contribution >= 4 is 66.7 Å². The molecule has 7 rings (SSSR count). The third-order valence-electron chi connectivity index (χ3n) is 11.5. The Bertz CT molecular complexity index is 2010. The number of likely N-dealkylation sites (N-methyl/N-ethyl adjacent to an activating group) is 4. The van der Waals surface area contributed by atoms with E-state index in [-0.39, 0.29) is 23.6 Å². The highest BCUT2D eigenvalue weighted by atomic mass is 16.2. The average Bonchev–Trinajstić information content (AvgIpc) is 3.16. The van der Waals surface area contributed by atoms with Crippen molar-refractivity contribution in [3.05, 3.63) is 70.8 Å². The predicted octanol–water partition coefficient (Wildman–Crippen LogP) is 3.78. The third-order valence-corrected chi connectivity index (χ3v) is 11.5. The van der Waals surface area contributed by atoms with Gasteiger partial charge in [0.25, 0.3) is 23.6 Å². The van der Waals surface area contributed by atoms with Crippen LogP contribution in [-0.4, -0.2) is 198 Å². The summed E-state index contributed by atoms with van der Waals surface area (Å²) in [5.74, 6) is -1.11. The molecule has 0 radical (unpaired) electrons. The van der Waals surface area contributed by atoms with Crippen LogP contribution in [-0.2, 0) is 0 Å². The van der Waals surface area contributed by atoms with E-state index < -0.39 is 0 Å². The molecule has 12 nitrogen and oxygen atoms in total.